The number of hydrogen-bond acceptors (Lipinski definition) is 5. The summed E-state index contributed by atoms with van der Waals surface area (Å²) in [6.45, 7) is 10.4. The fraction of sp³-hybridized carbons (Fsp3) is 0.500. The lowest BCUT2D eigenvalue weighted by Gasteiger charge is -2.31. The van der Waals surface area contributed by atoms with E-state index in [1.807, 2.05) is 0 Å². The largest absolute Gasteiger partial charge is 0.444 e. The Morgan fingerprint density at radius 1 is 1.08 bits per heavy atom. The van der Waals surface area contributed by atoms with Crippen LogP contribution in [0, 0.1) is 0 Å². The molecular formula is C18H25N3O5. The average Bonchev–Trinajstić information content (AvgIpc) is 2.41. The van der Waals surface area contributed by atoms with Crippen molar-refractivity contribution in [2.24, 2.45) is 0 Å². The molecule has 0 radical (unpaired) electrons. The quantitative estimate of drug-likeness (QED) is 0.792. The van der Waals surface area contributed by atoms with E-state index in [1.54, 1.807) is 59.7 Å². The third kappa shape index (κ3) is 5.37. The highest BCUT2D eigenvalue weighted by molar-refractivity contribution is 6.09. The normalized spacial score (nSPS) is 14.2. The van der Waals surface area contributed by atoms with Gasteiger partial charge in [-0.05, 0) is 59.7 Å². The van der Waals surface area contributed by atoms with Crippen LogP contribution in [-0.4, -0.2) is 35.8 Å². The van der Waals surface area contributed by atoms with Gasteiger partial charge in [0, 0.05) is 5.69 Å². The van der Waals surface area contributed by atoms with Gasteiger partial charge in [0.2, 0.25) is 5.91 Å². The number of nitrogens with one attached hydrogen (secondary N) is 2. The van der Waals surface area contributed by atoms with E-state index in [0.717, 1.165) is 0 Å². The van der Waals surface area contributed by atoms with Crippen LogP contribution < -0.4 is 15.5 Å². The second kappa shape index (κ2) is 6.86. The summed E-state index contributed by atoms with van der Waals surface area (Å²) in [4.78, 5) is 37.5. The first kappa shape index (κ1) is 19.6. The lowest BCUT2D eigenvalue weighted by molar-refractivity contribution is -0.115. The van der Waals surface area contributed by atoms with E-state index in [2.05, 4.69) is 10.6 Å². The molecule has 142 valence electrons. The second-order valence-electron chi connectivity index (χ2n) is 7.97. The fourth-order valence-corrected chi connectivity index (χ4v) is 2.27. The van der Waals surface area contributed by atoms with Crippen molar-refractivity contribution in [1.29, 1.82) is 0 Å². The highest BCUT2D eigenvalue weighted by Gasteiger charge is 2.31. The molecule has 1 aliphatic rings. The maximum absolute atomic E-state index is 12.4. The van der Waals surface area contributed by atoms with E-state index in [9.17, 15) is 14.4 Å². The zero-order valence-electron chi connectivity index (χ0n) is 15.9. The number of hydrogen-bond donors (Lipinski definition) is 2. The highest BCUT2D eigenvalue weighted by atomic mass is 16.6. The zero-order valence-corrected chi connectivity index (χ0v) is 15.9. The van der Waals surface area contributed by atoms with Gasteiger partial charge in [0.1, 0.15) is 17.7 Å². The molecule has 0 saturated carbocycles. The van der Waals surface area contributed by atoms with Gasteiger partial charge in [-0.2, -0.15) is 0 Å². The molecule has 0 aromatic heterocycles. The molecule has 8 heteroatoms. The Labute approximate surface area is 152 Å². The smallest absolute Gasteiger partial charge is 0.415 e. The molecule has 0 atom stereocenters. The van der Waals surface area contributed by atoms with E-state index in [0.29, 0.717) is 17.1 Å². The Hall–Kier alpha value is -2.77. The van der Waals surface area contributed by atoms with Gasteiger partial charge < -0.3 is 14.8 Å². The molecule has 1 heterocycles. The van der Waals surface area contributed by atoms with Crippen molar-refractivity contribution in [3.63, 3.8) is 0 Å². The maximum Gasteiger partial charge on any atom is 0.415 e. The van der Waals surface area contributed by atoms with Crippen molar-refractivity contribution in [3.8, 4) is 0 Å². The highest BCUT2D eigenvalue weighted by Crippen LogP contribution is 2.33. The van der Waals surface area contributed by atoms with Gasteiger partial charge in [-0.1, -0.05) is 0 Å². The summed E-state index contributed by atoms with van der Waals surface area (Å²) in [5.74, 6) is -0.349. The van der Waals surface area contributed by atoms with Gasteiger partial charge in [-0.25, -0.2) is 9.59 Å². The van der Waals surface area contributed by atoms with Gasteiger partial charge in [-0.15, -0.1) is 0 Å². The number of carbonyl (C=O) groups excluding carboxylic acids is 3. The first-order valence-electron chi connectivity index (χ1n) is 8.28. The summed E-state index contributed by atoms with van der Waals surface area (Å²) in [7, 11) is 0. The van der Waals surface area contributed by atoms with Crippen molar-refractivity contribution in [1.82, 2.24) is 0 Å². The minimum atomic E-state index is -0.677. The second-order valence-corrected chi connectivity index (χ2v) is 7.97. The fourth-order valence-electron chi connectivity index (χ4n) is 2.27. The van der Waals surface area contributed by atoms with Crippen LogP contribution in [0.25, 0.3) is 0 Å². The zero-order chi connectivity index (χ0) is 19.7. The Kier molecular flexibility index (Phi) is 5.16. The molecule has 0 fully saturated rings. The Morgan fingerprint density at radius 2 is 1.69 bits per heavy atom. The molecule has 0 bridgehead atoms. The number of fused-ring (bicyclic) bond motifs is 1. The monoisotopic (exact) mass is 363 g/mol. The predicted molar refractivity (Wildman–Crippen MR) is 98.5 cm³/mol. The summed E-state index contributed by atoms with van der Waals surface area (Å²) >= 11 is 0. The number of ether oxygens (including phenoxy) is 2. The Morgan fingerprint density at radius 3 is 2.27 bits per heavy atom. The molecule has 26 heavy (non-hydrogen) atoms. The molecule has 0 saturated heterocycles. The van der Waals surface area contributed by atoms with Crippen molar-refractivity contribution in [2.45, 2.75) is 52.7 Å². The van der Waals surface area contributed by atoms with Gasteiger partial charge >= 0.3 is 12.2 Å². The summed E-state index contributed by atoms with van der Waals surface area (Å²) < 4.78 is 10.5. The molecule has 1 aliphatic heterocycles. The number of rotatable bonds is 1. The van der Waals surface area contributed by atoms with Crippen LogP contribution in [0.3, 0.4) is 0 Å². The average molecular weight is 363 g/mol. The third-order valence-corrected chi connectivity index (χ3v) is 3.12. The van der Waals surface area contributed by atoms with Crippen molar-refractivity contribution < 1.29 is 23.9 Å². The van der Waals surface area contributed by atoms with Crippen LogP contribution in [0.4, 0.5) is 26.7 Å². The predicted octanol–water partition coefficient (Wildman–Crippen LogP) is 3.73. The van der Waals surface area contributed by atoms with E-state index in [4.69, 9.17) is 9.47 Å². The first-order valence-corrected chi connectivity index (χ1v) is 8.28. The number of nitrogens with zero attached hydrogens (tertiary/aromatic N) is 1. The third-order valence-electron chi connectivity index (χ3n) is 3.12. The number of amides is 3. The van der Waals surface area contributed by atoms with Crippen LogP contribution >= 0.6 is 0 Å². The molecule has 0 spiro atoms. The molecule has 1 aromatic rings. The number of carbonyl (C=O) groups is 3. The molecular weight excluding hydrogens is 338 g/mol. The summed E-state index contributed by atoms with van der Waals surface area (Å²) in [6, 6.07) is 4.82. The summed E-state index contributed by atoms with van der Waals surface area (Å²) in [6.07, 6.45) is -1.22. The lowest BCUT2D eigenvalue weighted by Crippen LogP contribution is -2.44. The molecule has 2 N–H and O–H groups in total. The molecule has 8 nitrogen and oxygen atoms in total. The standard InChI is InChI=1S/C18H25N3O5/c1-17(2,3)25-15(23)19-11-7-8-13-12(9-11)20-14(22)10-21(13)16(24)26-18(4,5)6/h7-9H,10H2,1-6H3,(H,19,23)(H,20,22). The number of anilines is 3. The topological polar surface area (TPSA) is 97.0 Å². The Bertz CT molecular complexity index is 731. The van der Waals surface area contributed by atoms with E-state index in [-0.39, 0.29) is 12.5 Å². The maximum atomic E-state index is 12.4. The lowest BCUT2D eigenvalue weighted by atomic mass is 10.1. The van der Waals surface area contributed by atoms with E-state index in [1.165, 1.54) is 4.90 Å². The van der Waals surface area contributed by atoms with Gasteiger partial charge in [0.15, 0.2) is 0 Å². The van der Waals surface area contributed by atoms with Crippen molar-refractivity contribution in [2.75, 3.05) is 22.1 Å². The summed E-state index contributed by atoms with van der Waals surface area (Å²) in [5, 5.41) is 5.29. The van der Waals surface area contributed by atoms with Crippen LogP contribution in [0.2, 0.25) is 0 Å². The van der Waals surface area contributed by atoms with Crippen LogP contribution in [-0.2, 0) is 14.3 Å². The van der Waals surface area contributed by atoms with Gasteiger partial charge in [0.05, 0.1) is 11.4 Å². The summed E-state index contributed by atoms with van der Waals surface area (Å²) in [5.41, 5.74) is 0.0299. The van der Waals surface area contributed by atoms with Crippen molar-refractivity contribution >= 4 is 35.2 Å². The number of benzene rings is 1. The van der Waals surface area contributed by atoms with Crippen LogP contribution in [0.15, 0.2) is 18.2 Å². The minimum Gasteiger partial charge on any atom is -0.444 e. The SMILES string of the molecule is CC(C)(C)OC(=O)Nc1ccc2c(c1)NC(=O)CN2C(=O)OC(C)(C)C. The van der Waals surface area contributed by atoms with Gasteiger partial charge in [0.25, 0.3) is 0 Å². The molecule has 0 unspecified atom stereocenters. The van der Waals surface area contributed by atoms with Crippen molar-refractivity contribution in [3.05, 3.63) is 18.2 Å². The van der Waals surface area contributed by atoms with Crippen LogP contribution in [0.1, 0.15) is 41.5 Å². The van der Waals surface area contributed by atoms with E-state index < -0.39 is 23.4 Å². The van der Waals surface area contributed by atoms with E-state index >= 15 is 0 Å². The minimum absolute atomic E-state index is 0.138. The Balaban J connectivity index is 2.22. The molecule has 3 amide bonds. The molecule has 1 aromatic carbocycles. The first-order chi connectivity index (χ1) is 11.8. The molecule has 0 aliphatic carbocycles. The van der Waals surface area contributed by atoms with Crippen LogP contribution in [0.5, 0.6) is 0 Å². The van der Waals surface area contributed by atoms with Gasteiger partial charge in [-0.3, -0.25) is 15.0 Å². The molecule has 2 rings (SSSR count).